The summed E-state index contributed by atoms with van der Waals surface area (Å²) in [5, 5.41) is 24.1. The van der Waals surface area contributed by atoms with Gasteiger partial charge in [-0.2, -0.15) is 13.2 Å². The molecule has 0 saturated heterocycles. The van der Waals surface area contributed by atoms with E-state index in [1.54, 1.807) is 0 Å². The Morgan fingerprint density at radius 3 is 2.27 bits per heavy atom. The summed E-state index contributed by atoms with van der Waals surface area (Å²) in [6.07, 6.45) is -5.49. The van der Waals surface area contributed by atoms with E-state index >= 15 is 0 Å². The maximum Gasteiger partial charge on any atom is 0.416 e. The topological polar surface area (TPSA) is 157 Å². The van der Waals surface area contributed by atoms with Crippen molar-refractivity contribution in [1.29, 1.82) is 0 Å². The van der Waals surface area contributed by atoms with E-state index in [0.717, 1.165) is 36.4 Å². The Kier molecular flexibility index (Phi) is 7.67. The number of alkyl halides is 3. The van der Waals surface area contributed by atoms with Gasteiger partial charge in [0.05, 0.1) is 34.3 Å². The molecular weight excluding hydrogens is 451 g/mol. The fourth-order valence-corrected chi connectivity index (χ4v) is 2.58. The molecule has 0 heterocycles. The molecule has 0 spiro atoms. The number of carbonyl (C=O) groups excluding carboxylic acids is 2. The number of hydrogen-bond donors (Lipinski definition) is 3. The van der Waals surface area contributed by atoms with E-state index in [1.165, 1.54) is 6.07 Å². The van der Waals surface area contributed by atoms with Crippen LogP contribution >= 0.6 is 0 Å². The van der Waals surface area contributed by atoms with Crippen LogP contribution in [0.5, 0.6) is 0 Å². The van der Waals surface area contributed by atoms with Crippen LogP contribution in [0.4, 0.5) is 30.2 Å². The Hall–Kier alpha value is -4.49. The molecule has 0 saturated carbocycles. The highest BCUT2D eigenvalue weighted by molar-refractivity contribution is 5.92. The molecule has 3 N–H and O–H groups in total. The van der Waals surface area contributed by atoms with Crippen LogP contribution in [-0.4, -0.2) is 21.7 Å². The largest absolute Gasteiger partial charge is 0.416 e. The fourth-order valence-electron chi connectivity index (χ4n) is 2.58. The fraction of sp³-hybridized carbons (Fsp3) is 0.158. The van der Waals surface area contributed by atoms with Crippen molar-refractivity contribution >= 4 is 28.9 Å². The summed E-state index contributed by atoms with van der Waals surface area (Å²) in [5.41, 5.74) is 2.22. The first-order chi connectivity index (χ1) is 15.4. The minimum Gasteiger partial charge on any atom is -0.326 e. The maximum atomic E-state index is 12.7. The van der Waals surface area contributed by atoms with Crippen molar-refractivity contribution in [2.45, 2.75) is 19.0 Å². The van der Waals surface area contributed by atoms with Gasteiger partial charge in [-0.05, 0) is 24.3 Å². The van der Waals surface area contributed by atoms with Gasteiger partial charge in [-0.15, -0.1) is 0 Å². The third-order valence-electron chi connectivity index (χ3n) is 4.05. The molecule has 0 atom stereocenters. The number of halogens is 3. The highest BCUT2D eigenvalue weighted by atomic mass is 19.4. The smallest absolute Gasteiger partial charge is 0.326 e. The van der Waals surface area contributed by atoms with Crippen molar-refractivity contribution in [3.05, 3.63) is 86.1 Å². The molecule has 0 bridgehead atoms. The molecule has 0 aliphatic heterocycles. The standard InChI is InChI=1S/C19H16F3N5O6/c1-11(7-17(28)23-14-4-2-3-13(9-14)19(20,21)22)24-25-18(29)8-12-5-6-15(26(30)31)10-16(12)27(32)33/h2-6,9-10,24H,1,7-8H2,(H,23,28)(H,25,29). The number of amides is 2. The summed E-state index contributed by atoms with van der Waals surface area (Å²) in [6.45, 7) is 3.50. The summed E-state index contributed by atoms with van der Waals surface area (Å²) >= 11 is 0. The molecule has 2 aromatic carbocycles. The van der Waals surface area contributed by atoms with Crippen LogP contribution in [0.1, 0.15) is 17.5 Å². The highest BCUT2D eigenvalue weighted by Crippen LogP contribution is 2.30. The van der Waals surface area contributed by atoms with E-state index in [0.29, 0.717) is 0 Å². The minimum absolute atomic E-state index is 0.0222. The van der Waals surface area contributed by atoms with E-state index in [9.17, 15) is 43.0 Å². The quantitative estimate of drug-likeness (QED) is 0.377. The zero-order chi connectivity index (χ0) is 24.8. The Balaban J connectivity index is 1.90. The molecule has 174 valence electrons. The van der Waals surface area contributed by atoms with Crippen LogP contribution in [0.15, 0.2) is 54.7 Å². The predicted octanol–water partition coefficient (Wildman–Crippen LogP) is 3.23. The number of hydrazine groups is 1. The van der Waals surface area contributed by atoms with Gasteiger partial charge < -0.3 is 10.7 Å². The normalized spacial score (nSPS) is 10.8. The first-order valence-corrected chi connectivity index (χ1v) is 8.98. The van der Waals surface area contributed by atoms with E-state index in [4.69, 9.17) is 0 Å². The number of nitro groups is 2. The molecule has 0 fully saturated rings. The average Bonchev–Trinajstić information content (AvgIpc) is 2.71. The summed E-state index contributed by atoms with van der Waals surface area (Å²) in [7, 11) is 0. The number of nitrogens with one attached hydrogen (secondary N) is 3. The first kappa shape index (κ1) is 24.8. The predicted molar refractivity (Wildman–Crippen MR) is 109 cm³/mol. The molecule has 0 unspecified atom stereocenters. The Morgan fingerprint density at radius 2 is 1.67 bits per heavy atom. The number of non-ortho nitro benzene ring substituents is 1. The lowest BCUT2D eigenvalue weighted by Gasteiger charge is -2.12. The summed E-state index contributed by atoms with van der Waals surface area (Å²) in [4.78, 5) is 44.2. The zero-order valence-electron chi connectivity index (χ0n) is 16.6. The molecule has 14 heteroatoms. The number of nitro benzene ring substituents is 2. The second-order valence-corrected chi connectivity index (χ2v) is 6.58. The van der Waals surface area contributed by atoms with Gasteiger partial charge in [0, 0.05) is 23.0 Å². The molecule has 0 radical (unpaired) electrons. The lowest BCUT2D eigenvalue weighted by atomic mass is 10.1. The average molecular weight is 467 g/mol. The van der Waals surface area contributed by atoms with Gasteiger partial charge in [-0.25, -0.2) is 0 Å². The number of rotatable bonds is 9. The molecule has 0 aliphatic rings. The number of benzene rings is 2. The van der Waals surface area contributed by atoms with E-state index in [1.807, 2.05) is 0 Å². The van der Waals surface area contributed by atoms with Crippen LogP contribution < -0.4 is 16.2 Å². The Bertz CT molecular complexity index is 1120. The van der Waals surface area contributed by atoms with Crippen molar-refractivity contribution in [3.8, 4) is 0 Å². The van der Waals surface area contributed by atoms with Crippen LogP contribution in [0.2, 0.25) is 0 Å². The van der Waals surface area contributed by atoms with Crippen molar-refractivity contribution in [2.24, 2.45) is 0 Å². The Morgan fingerprint density at radius 1 is 0.970 bits per heavy atom. The van der Waals surface area contributed by atoms with Gasteiger partial charge >= 0.3 is 6.18 Å². The molecule has 2 rings (SSSR count). The molecule has 0 aromatic heterocycles. The van der Waals surface area contributed by atoms with Crippen molar-refractivity contribution in [3.63, 3.8) is 0 Å². The van der Waals surface area contributed by atoms with Gasteiger partial charge in [-0.3, -0.25) is 35.2 Å². The van der Waals surface area contributed by atoms with Gasteiger partial charge in [-0.1, -0.05) is 12.6 Å². The maximum absolute atomic E-state index is 12.7. The van der Waals surface area contributed by atoms with Crippen LogP contribution in [0, 0.1) is 20.2 Å². The third-order valence-corrected chi connectivity index (χ3v) is 4.05. The molecule has 0 aliphatic carbocycles. The first-order valence-electron chi connectivity index (χ1n) is 8.98. The lowest BCUT2D eigenvalue weighted by Crippen LogP contribution is -2.38. The molecule has 11 nitrogen and oxygen atoms in total. The van der Waals surface area contributed by atoms with E-state index < -0.39 is 57.6 Å². The molecule has 2 aromatic rings. The Labute approximate surface area is 183 Å². The monoisotopic (exact) mass is 467 g/mol. The van der Waals surface area contributed by atoms with Crippen molar-refractivity contribution < 1.29 is 32.6 Å². The summed E-state index contributed by atoms with van der Waals surface area (Å²) < 4.78 is 38.2. The van der Waals surface area contributed by atoms with Gasteiger partial charge in [0.15, 0.2) is 0 Å². The van der Waals surface area contributed by atoms with Crippen LogP contribution in [0.3, 0.4) is 0 Å². The minimum atomic E-state index is -4.57. The number of anilines is 1. The van der Waals surface area contributed by atoms with Gasteiger partial charge in [0.1, 0.15) is 0 Å². The molecular formula is C19H16F3N5O6. The van der Waals surface area contributed by atoms with E-state index in [-0.39, 0.29) is 16.9 Å². The van der Waals surface area contributed by atoms with E-state index in [2.05, 4.69) is 22.7 Å². The SMILES string of the molecule is C=C(CC(=O)Nc1cccc(C(F)(F)F)c1)NNC(=O)Cc1ccc([N+](=O)[O-])cc1[N+](=O)[O-]. The number of hydrogen-bond acceptors (Lipinski definition) is 7. The van der Waals surface area contributed by atoms with Crippen molar-refractivity contribution in [1.82, 2.24) is 10.9 Å². The van der Waals surface area contributed by atoms with Gasteiger partial charge in [0.25, 0.3) is 11.4 Å². The number of nitrogens with zero attached hydrogens (tertiary/aromatic N) is 2. The third kappa shape index (κ3) is 7.30. The summed E-state index contributed by atoms with van der Waals surface area (Å²) in [5.74, 6) is -1.49. The zero-order valence-corrected chi connectivity index (χ0v) is 16.6. The highest BCUT2D eigenvalue weighted by Gasteiger charge is 2.30. The second-order valence-electron chi connectivity index (χ2n) is 6.58. The van der Waals surface area contributed by atoms with Crippen LogP contribution in [0.25, 0.3) is 0 Å². The molecule has 2 amide bonds. The van der Waals surface area contributed by atoms with Crippen LogP contribution in [-0.2, 0) is 22.2 Å². The summed E-state index contributed by atoms with van der Waals surface area (Å²) in [6, 6.07) is 6.82. The molecule has 33 heavy (non-hydrogen) atoms. The van der Waals surface area contributed by atoms with Gasteiger partial charge in [0.2, 0.25) is 11.8 Å². The second kappa shape index (κ2) is 10.2. The lowest BCUT2D eigenvalue weighted by molar-refractivity contribution is -0.394. The number of carbonyl (C=O) groups is 2. The van der Waals surface area contributed by atoms with Crippen molar-refractivity contribution in [2.75, 3.05) is 5.32 Å².